The van der Waals surface area contributed by atoms with Crippen molar-refractivity contribution in [2.24, 2.45) is 0 Å². The van der Waals surface area contributed by atoms with Gasteiger partial charge in [0.05, 0.1) is 10.7 Å². The Hall–Kier alpha value is -1.99. The summed E-state index contributed by atoms with van der Waals surface area (Å²) >= 11 is 12.7. The van der Waals surface area contributed by atoms with E-state index >= 15 is 0 Å². The number of nitrogens with zero attached hydrogens (tertiary/aromatic N) is 3. The molecule has 0 fully saturated rings. The van der Waals surface area contributed by atoms with E-state index in [9.17, 15) is 23.1 Å². The zero-order valence-electron chi connectivity index (χ0n) is 17.1. The van der Waals surface area contributed by atoms with E-state index in [0.29, 0.717) is 15.0 Å². The Bertz CT molecular complexity index is 1190. The van der Waals surface area contributed by atoms with Gasteiger partial charge in [0.2, 0.25) is 0 Å². The van der Waals surface area contributed by atoms with Gasteiger partial charge in [0.25, 0.3) is 5.91 Å². The third-order valence-electron chi connectivity index (χ3n) is 4.28. The lowest BCUT2D eigenvalue weighted by Crippen LogP contribution is -2.29. The fraction of sp³-hybridized carbons (Fsp3) is 0.250. The average molecular weight is 612 g/mol. The van der Waals surface area contributed by atoms with Crippen LogP contribution in [0.3, 0.4) is 0 Å². The first kappa shape index (κ1) is 25.6. The van der Waals surface area contributed by atoms with Gasteiger partial charge in [-0.25, -0.2) is 9.67 Å². The van der Waals surface area contributed by atoms with Gasteiger partial charge in [0.1, 0.15) is 11.9 Å². The van der Waals surface area contributed by atoms with Crippen LogP contribution in [0.5, 0.6) is 0 Å². The van der Waals surface area contributed by atoms with Gasteiger partial charge < -0.3 is 10.4 Å². The maximum atomic E-state index is 13.4. The largest absolute Gasteiger partial charge is 0.435 e. The van der Waals surface area contributed by atoms with Crippen LogP contribution in [0.25, 0.3) is 5.82 Å². The number of aliphatic hydroxyl groups is 1. The van der Waals surface area contributed by atoms with Gasteiger partial charge >= 0.3 is 6.18 Å². The van der Waals surface area contributed by atoms with Crippen molar-refractivity contribution in [2.45, 2.75) is 32.3 Å². The molecule has 3 N–H and O–H groups in total. The van der Waals surface area contributed by atoms with Crippen molar-refractivity contribution in [2.75, 3.05) is 5.32 Å². The number of carbonyl (C=O) groups is 1. The molecule has 0 saturated carbocycles. The number of aliphatic hydroxyl groups excluding tert-OH is 1. The van der Waals surface area contributed by atoms with E-state index in [1.54, 1.807) is 12.1 Å². The van der Waals surface area contributed by atoms with Crippen molar-refractivity contribution in [3.05, 3.63) is 67.4 Å². The van der Waals surface area contributed by atoms with Crippen LogP contribution >= 0.6 is 43.5 Å². The molecule has 2 heterocycles. The quantitative estimate of drug-likeness (QED) is 0.311. The minimum absolute atomic E-state index is 0.00504. The van der Waals surface area contributed by atoms with E-state index in [1.165, 1.54) is 18.3 Å². The van der Waals surface area contributed by atoms with E-state index in [0.717, 1.165) is 4.68 Å². The Labute approximate surface area is 208 Å². The monoisotopic (exact) mass is 609 g/mol. The van der Waals surface area contributed by atoms with Crippen molar-refractivity contribution < 1.29 is 23.1 Å². The van der Waals surface area contributed by atoms with Gasteiger partial charge in [0, 0.05) is 32.8 Å². The van der Waals surface area contributed by atoms with E-state index < -0.39 is 29.7 Å². The summed E-state index contributed by atoms with van der Waals surface area (Å²) in [5.74, 6) is -1.06. The van der Waals surface area contributed by atoms with E-state index in [-0.39, 0.29) is 28.1 Å². The predicted octanol–water partition coefficient (Wildman–Crippen LogP) is 5.71. The van der Waals surface area contributed by atoms with E-state index in [2.05, 4.69) is 52.6 Å². The van der Waals surface area contributed by atoms with Crippen LogP contribution < -0.4 is 10.6 Å². The molecule has 13 heteroatoms. The number of alkyl halides is 3. The first-order valence-electron chi connectivity index (χ1n) is 9.41. The van der Waals surface area contributed by atoms with Crippen LogP contribution in [0, 0.1) is 0 Å². The van der Waals surface area contributed by atoms with Crippen LogP contribution in [0.15, 0.2) is 45.5 Å². The summed E-state index contributed by atoms with van der Waals surface area (Å²) in [5, 5.41) is 19.6. The van der Waals surface area contributed by atoms with Crippen LogP contribution in [0.1, 0.15) is 41.8 Å². The molecule has 0 spiro atoms. The molecule has 1 amide bonds. The smallest absolute Gasteiger partial charge is 0.374 e. The third kappa shape index (κ3) is 5.93. The molecule has 0 bridgehead atoms. The van der Waals surface area contributed by atoms with Crippen LogP contribution in [-0.4, -0.2) is 31.8 Å². The molecule has 0 aliphatic heterocycles. The highest BCUT2D eigenvalue weighted by Crippen LogP contribution is 2.35. The van der Waals surface area contributed by atoms with Crippen LogP contribution in [-0.2, 0) is 6.18 Å². The second-order valence-corrected chi connectivity index (χ2v) is 9.34. The number of amides is 1. The SMILES string of the molecule is CC(C)NC(O)c1cc(Br)cc(Br)c1NC(=O)c1cc(C(F)(F)F)nn1-c1ncccc1Cl. The summed E-state index contributed by atoms with van der Waals surface area (Å²) in [7, 11) is 0. The number of nitrogens with one attached hydrogen (secondary N) is 2. The van der Waals surface area contributed by atoms with E-state index in [4.69, 9.17) is 11.6 Å². The maximum absolute atomic E-state index is 13.4. The first-order chi connectivity index (χ1) is 15.4. The lowest BCUT2D eigenvalue weighted by atomic mass is 10.1. The van der Waals surface area contributed by atoms with Crippen LogP contribution in [0.2, 0.25) is 5.02 Å². The zero-order valence-corrected chi connectivity index (χ0v) is 21.0. The number of rotatable bonds is 6. The molecule has 0 radical (unpaired) electrons. The summed E-state index contributed by atoms with van der Waals surface area (Å²) in [6.45, 7) is 3.64. The molecule has 0 aliphatic rings. The highest BCUT2D eigenvalue weighted by Gasteiger charge is 2.37. The minimum atomic E-state index is -4.80. The summed E-state index contributed by atoms with van der Waals surface area (Å²) in [4.78, 5) is 17.1. The van der Waals surface area contributed by atoms with Gasteiger partial charge in [-0.3, -0.25) is 10.1 Å². The Morgan fingerprint density at radius 2 is 1.94 bits per heavy atom. The number of hydrogen-bond donors (Lipinski definition) is 3. The number of hydrogen-bond acceptors (Lipinski definition) is 5. The Balaban J connectivity index is 2.09. The van der Waals surface area contributed by atoms with Crippen molar-refractivity contribution in [1.82, 2.24) is 20.1 Å². The number of benzene rings is 1. The standard InChI is InChI=1S/C20H17Br2ClF3N5O2/c1-9(2)28-18(32)11-6-10(21)7-12(22)16(11)29-19(33)14-8-15(20(24,25)26)30-31(14)17-13(23)4-3-5-27-17/h3-9,18,28,32H,1-2H3,(H,29,33). The molecule has 3 rings (SSSR count). The normalized spacial score (nSPS) is 12.8. The zero-order chi connectivity index (χ0) is 24.5. The fourth-order valence-corrected chi connectivity index (χ4v) is 4.46. The maximum Gasteiger partial charge on any atom is 0.435 e. The number of halogens is 6. The van der Waals surface area contributed by atoms with Crippen LogP contribution in [0.4, 0.5) is 18.9 Å². The highest BCUT2D eigenvalue weighted by atomic mass is 79.9. The number of carbonyl (C=O) groups excluding carboxylic acids is 1. The summed E-state index contributed by atoms with van der Waals surface area (Å²) in [6, 6.07) is 6.62. The highest BCUT2D eigenvalue weighted by molar-refractivity contribution is 9.11. The summed E-state index contributed by atoms with van der Waals surface area (Å²) < 4.78 is 41.8. The first-order valence-corrected chi connectivity index (χ1v) is 11.4. The molecule has 0 saturated heterocycles. The number of aromatic nitrogens is 3. The molecule has 2 aromatic heterocycles. The number of pyridine rings is 1. The molecule has 1 aromatic carbocycles. The second-order valence-electron chi connectivity index (χ2n) is 7.16. The average Bonchev–Trinajstić information content (AvgIpc) is 3.15. The Kier molecular flexibility index (Phi) is 7.84. The molecular formula is C20H17Br2ClF3N5O2. The molecule has 3 aromatic rings. The lowest BCUT2D eigenvalue weighted by Gasteiger charge is -2.21. The molecular weight excluding hydrogens is 595 g/mol. The minimum Gasteiger partial charge on any atom is -0.374 e. The molecule has 1 unspecified atom stereocenters. The van der Waals surface area contributed by atoms with Crippen molar-refractivity contribution in [1.29, 1.82) is 0 Å². The summed E-state index contributed by atoms with van der Waals surface area (Å²) in [5.41, 5.74) is -1.28. The lowest BCUT2D eigenvalue weighted by molar-refractivity contribution is -0.141. The topological polar surface area (TPSA) is 92.1 Å². The fourth-order valence-electron chi connectivity index (χ4n) is 2.90. The molecule has 176 valence electrons. The van der Waals surface area contributed by atoms with Gasteiger partial charge in [-0.1, -0.05) is 27.5 Å². The Morgan fingerprint density at radius 3 is 2.55 bits per heavy atom. The van der Waals surface area contributed by atoms with Gasteiger partial charge in [0.15, 0.2) is 11.5 Å². The Morgan fingerprint density at radius 1 is 1.24 bits per heavy atom. The molecule has 33 heavy (non-hydrogen) atoms. The predicted molar refractivity (Wildman–Crippen MR) is 124 cm³/mol. The second kappa shape index (κ2) is 10.1. The third-order valence-corrected chi connectivity index (χ3v) is 5.66. The number of anilines is 1. The van der Waals surface area contributed by atoms with Gasteiger partial charge in [-0.05, 0) is 54.0 Å². The van der Waals surface area contributed by atoms with Crippen molar-refractivity contribution in [3.63, 3.8) is 0 Å². The van der Waals surface area contributed by atoms with E-state index in [1.807, 2.05) is 13.8 Å². The summed E-state index contributed by atoms with van der Waals surface area (Å²) in [6.07, 6.45) is -4.66. The van der Waals surface area contributed by atoms with Gasteiger partial charge in [-0.2, -0.15) is 18.3 Å². The van der Waals surface area contributed by atoms with Gasteiger partial charge in [-0.15, -0.1) is 0 Å². The molecule has 7 nitrogen and oxygen atoms in total. The molecule has 1 atom stereocenters. The van der Waals surface area contributed by atoms with Crippen molar-refractivity contribution >= 4 is 55.1 Å². The molecule has 0 aliphatic carbocycles. The van der Waals surface area contributed by atoms with Crippen molar-refractivity contribution in [3.8, 4) is 5.82 Å².